The summed E-state index contributed by atoms with van der Waals surface area (Å²) in [6, 6.07) is 6.73. The number of nitrogens with two attached hydrogens (primary N) is 1. The first-order valence-electron chi connectivity index (χ1n) is 9.29. The number of nitrogens with one attached hydrogen (secondary N) is 1. The second kappa shape index (κ2) is 7.93. The van der Waals surface area contributed by atoms with Crippen molar-refractivity contribution < 1.29 is 18.7 Å². The molecule has 0 saturated carbocycles. The molecule has 2 unspecified atom stereocenters. The zero-order chi connectivity index (χ0) is 21.3. The van der Waals surface area contributed by atoms with Crippen LogP contribution in [0.2, 0.25) is 0 Å². The molecule has 0 radical (unpaired) electrons. The van der Waals surface area contributed by atoms with Crippen LogP contribution >= 0.6 is 0 Å². The fraction of sp³-hybridized carbons (Fsp3) is 0.316. The SMILES string of the molecule is COc1ccc(-c2[nH]ncc2C(=O)N2CC(F)CC2Cn2cc(C(N)=O)nn2)cc1. The van der Waals surface area contributed by atoms with Crippen molar-refractivity contribution in [1.29, 1.82) is 0 Å². The van der Waals surface area contributed by atoms with Crippen LogP contribution in [0.15, 0.2) is 36.7 Å². The summed E-state index contributed by atoms with van der Waals surface area (Å²) < 4.78 is 20.8. The van der Waals surface area contributed by atoms with Gasteiger partial charge in [-0.3, -0.25) is 14.7 Å². The van der Waals surface area contributed by atoms with Gasteiger partial charge in [0.05, 0.1) is 49.9 Å². The van der Waals surface area contributed by atoms with E-state index in [2.05, 4.69) is 20.5 Å². The quantitative estimate of drug-likeness (QED) is 0.620. The standard InChI is InChI=1S/C19H20FN7O3/c1-30-14-4-2-11(3-5-14)17-15(7-22-24-17)19(29)27-8-12(20)6-13(27)9-26-10-16(18(21)28)23-25-26/h2-5,7,10,12-13H,6,8-9H2,1H3,(H2,21,28)(H,22,24). The van der Waals surface area contributed by atoms with Crippen molar-refractivity contribution in [3.63, 3.8) is 0 Å². The van der Waals surface area contributed by atoms with E-state index in [1.54, 1.807) is 19.2 Å². The van der Waals surface area contributed by atoms with Gasteiger partial charge in [-0.25, -0.2) is 9.07 Å². The van der Waals surface area contributed by atoms with Crippen LogP contribution in [0.1, 0.15) is 27.3 Å². The van der Waals surface area contributed by atoms with Gasteiger partial charge in [0, 0.05) is 12.0 Å². The number of benzene rings is 1. The van der Waals surface area contributed by atoms with Crippen LogP contribution in [0.4, 0.5) is 4.39 Å². The van der Waals surface area contributed by atoms with E-state index >= 15 is 0 Å². The number of alkyl halides is 1. The maximum Gasteiger partial charge on any atom is 0.270 e. The van der Waals surface area contributed by atoms with Crippen LogP contribution in [0.25, 0.3) is 11.3 Å². The third kappa shape index (κ3) is 3.73. The van der Waals surface area contributed by atoms with E-state index in [-0.39, 0.29) is 31.1 Å². The number of hydrogen-bond donors (Lipinski definition) is 2. The molecule has 1 aliphatic heterocycles. The van der Waals surface area contributed by atoms with Gasteiger partial charge in [-0.2, -0.15) is 5.10 Å². The van der Waals surface area contributed by atoms with Crippen LogP contribution in [0.5, 0.6) is 5.75 Å². The third-order valence-electron chi connectivity index (χ3n) is 5.06. The number of H-pyrrole nitrogens is 1. The molecule has 0 spiro atoms. The number of rotatable bonds is 6. The molecule has 0 bridgehead atoms. The molecule has 2 aromatic heterocycles. The zero-order valence-electron chi connectivity index (χ0n) is 16.2. The molecule has 3 aromatic rings. The molecule has 10 nitrogen and oxygen atoms in total. The summed E-state index contributed by atoms with van der Waals surface area (Å²) in [5.41, 5.74) is 6.84. The smallest absolute Gasteiger partial charge is 0.270 e. The first-order valence-corrected chi connectivity index (χ1v) is 9.29. The normalized spacial score (nSPS) is 18.5. The largest absolute Gasteiger partial charge is 0.497 e. The summed E-state index contributed by atoms with van der Waals surface area (Å²) in [4.78, 5) is 25.9. The minimum atomic E-state index is -1.16. The predicted octanol–water partition coefficient (Wildman–Crippen LogP) is 1.03. The van der Waals surface area contributed by atoms with Gasteiger partial charge < -0.3 is 15.4 Å². The Morgan fingerprint density at radius 2 is 2.10 bits per heavy atom. The molecule has 156 valence electrons. The fourth-order valence-corrected chi connectivity index (χ4v) is 3.58. The summed E-state index contributed by atoms with van der Waals surface area (Å²) >= 11 is 0. The van der Waals surface area contributed by atoms with Gasteiger partial charge >= 0.3 is 0 Å². The number of nitrogens with zero attached hydrogens (tertiary/aromatic N) is 5. The Bertz CT molecular complexity index is 1060. The average Bonchev–Trinajstić information content (AvgIpc) is 3.47. The van der Waals surface area contributed by atoms with Crippen LogP contribution in [-0.2, 0) is 6.54 Å². The van der Waals surface area contributed by atoms with E-state index in [0.29, 0.717) is 17.0 Å². The molecule has 3 N–H and O–H groups in total. The van der Waals surface area contributed by atoms with E-state index < -0.39 is 18.1 Å². The second-order valence-electron chi connectivity index (χ2n) is 7.02. The van der Waals surface area contributed by atoms with Crippen molar-refractivity contribution in [1.82, 2.24) is 30.1 Å². The highest BCUT2D eigenvalue weighted by Gasteiger charge is 2.37. The van der Waals surface area contributed by atoms with Gasteiger partial charge in [-0.1, -0.05) is 5.21 Å². The van der Waals surface area contributed by atoms with Gasteiger partial charge in [0.1, 0.15) is 11.9 Å². The lowest BCUT2D eigenvalue weighted by atomic mass is 10.1. The Kier molecular flexibility index (Phi) is 5.17. The Morgan fingerprint density at radius 1 is 1.33 bits per heavy atom. The summed E-state index contributed by atoms with van der Waals surface area (Å²) in [6.07, 6.45) is 1.82. The number of aromatic amines is 1. The van der Waals surface area contributed by atoms with Gasteiger partial charge in [0.2, 0.25) is 0 Å². The minimum Gasteiger partial charge on any atom is -0.497 e. The number of aromatic nitrogens is 5. The molecule has 11 heteroatoms. The maximum atomic E-state index is 14.2. The zero-order valence-corrected chi connectivity index (χ0v) is 16.2. The first-order chi connectivity index (χ1) is 14.5. The van der Waals surface area contributed by atoms with Gasteiger partial charge in [0.15, 0.2) is 5.69 Å². The molecule has 2 atom stereocenters. The van der Waals surface area contributed by atoms with Crippen molar-refractivity contribution in [3.05, 3.63) is 47.9 Å². The molecule has 0 aliphatic carbocycles. The van der Waals surface area contributed by atoms with Crippen molar-refractivity contribution in [3.8, 4) is 17.0 Å². The number of methoxy groups -OCH3 is 1. The van der Waals surface area contributed by atoms with Crippen LogP contribution in [0, 0.1) is 0 Å². The van der Waals surface area contributed by atoms with Crippen LogP contribution in [-0.4, -0.2) is 67.8 Å². The first kappa shape index (κ1) is 19.6. The van der Waals surface area contributed by atoms with E-state index in [9.17, 15) is 14.0 Å². The third-order valence-corrected chi connectivity index (χ3v) is 5.06. The number of ether oxygens (including phenoxy) is 1. The highest BCUT2D eigenvalue weighted by atomic mass is 19.1. The molecule has 2 amide bonds. The lowest BCUT2D eigenvalue weighted by molar-refractivity contribution is 0.0715. The number of primary amides is 1. The molecule has 1 saturated heterocycles. The Hall–Kier alpha value is -3.76. The van der Waals surface area contributed by atoms with E-state index in [0.717, 1.165) is 5.56 Å². The van der Waals surface area contributed by atoms with Crippen molar-refractivity contribution in [2.24, 2.45) is 5.73 Å². The number of likely N-dealkylation sites (tertiary alicyclic amines) is 1. The van der Waals surface area contributed by atoms with Crippen LogP contribution in [0.3, 0.4) is 0 Å². The lowest BCUT2D eigenvalue weighted by Crippen LogP contribution is -2.38. The predicted molar refractivity (Wildman–Crippen MR) is 103 cm³/mol. The van der Waals surface area contributed by atoms with Gasteiger partial charge in [0.25, 0.3) is 11.8 Å². The lowest BCUT2D eigenvalue weighted by Gasteiger charge is -2.24. The van der Waals surface area contributed by atoms with Crippen molar-refractivity contribution in [2.75, 3.05) is 13.7 Å². The topological polar surface area (TPSA) is 132 Å². The van der Waals surface area contributed by atoms with Crippen molar-refractivity contribution in [2.45, 2.75) is 25.2 Å². The molecule has 1 aromatic carbocycles. The van der Waals surface area contributed by atoms with Gasteiger partial charge in [-0.05, 0) is 24.3 Å². The highest BCUT2D eigenvalue weighted by molar-refractivity contribution is 6.00. The summed E-state index contributed by atoms with van der Waals surface area (Å²) in [7, 11) is 1.57. The number of hydrogen-bond acceptors (Lipinski definition) is 6. The summed E-state index contributed by atoms with van der Waals surface area (Å²) in [5, 5.41) is 14.4. The average molecular weight is 413 g/mol. The number of carbonyl (C=O) groups is 2. The summed E-state index contributed by atoms with van der Waals surface area (Å²) in [5.74, 6) is -0.351. The molecule has 3 heterocycles. The molecule has 1 aliphatic rings. The van der Waals surface area contributed by atoms with E-state index in [4.69, 9.17) is 10.5 Å². The minimum absolute atomic E-state index is 0.0132. The molecular weight excluding hydrogens is 393 g/mol. The Morgan fingerprint density at radius 3 is 2.77 bits per heavy atom. The van der Waals surface area contributed by atoms with Crippen LogP contribution < -0.4 is 10.5 Å². The monoisotopic (exact) mass is 413 g/mol. The number of carbonyl (C=O) groups excluding carboxylic acids is 2. The Balaban J connectivity index is 1.57. The van der Waals surface area contributed by atoms with Crippen molar-refractivity contribution >= 4 is 11.8 Å². The molecule has 1 fully saturated rings. The number of halogens is 1. The second-order valence-corrected chi connectivity index (χ2v) is 7.02. The summed E-state index contributed by atoms with van der Waals surface area (Å²) in [6.45, 7) is 0.163. The molecular formula is C19H20FN7O3. The highest BCUT2D eigenvalue weighted by Crippen LogP contribution is 2.28. The van der Waals surface area contributed by atoms with E-state index in [1.165, 1.54) is 22.0 Å². The molecule has 30 heavy (non-hydrogen) atoms. The fourth-order valence-electron chi connectivity index (χ4n) is 3.58. The van der Waals surface area contributed by atoms with E-state index in [1.807, 2.05) is 12.1 Å². The Labute approximate surface area is 170 Å². The maximum absolute atomic E-state index is 14.2. The van der Waals surface area contributed by atoms with Gasteiger partial charge in [-0.15, -0.1) is 5.10 Å². The number of amides is 2. The molecule has 4 rings (SSSR count).